The average Bonchev–Trinajstić information content (AvgIpc) is 2.62. The summed E-state index contributed by atoms with van der Waals surface area (Å²) in [6.45, 7) is 8.01. The van der Waals surface area contributed by atoms with E-state index in [9.17, 15) is 0 Å². The lowest BCUT2D eigenvalue weighted by atomic mass is 10.1. The van der Waals surface area contributed by atoms with Crippen molar-refractivity contribution in [3.05, 3.63) is 21.4 Å². The summed E-state index contributed by atoms with van der Waals surface area (Å²) < 4.78 is 0. The SMILES string of the molecule is Cc1cc(C(C)NCCCCCCO)c(C)s1. The van der Waals surface area contributed by atoms with Gasteiger partial charge in [0.15, 0.2) is 0 Å². The number of thiophene rings is 1. The molecular weight excluding hydrogens is 230 g/mol. The Labute approximate surface area is 109 Å². The van der Waals surface area contributed by atoms with Crippen LogP contribution in [0.1, 0.15) is 54.0 Å². The molecule has 0 aliphatic heterocycles. The molecular formula is C14H25NOS. The maximum atomic E-state index is 8.68. The minimum Gasteiger partial charge on any atom is -0.396 e. The number of aryl methyl sites for hydroxylation is 2. The maximum absolute atomic E-state index is 8.68. The Bertz CT molecular complexity index is 322. The summed E-state index contributed by atoms with van der Waals surface area (Å²) in [5.41, 5.74) is 1.45. The Kier molecular flexibility index (Phi) is 6.78. The lowest BCUT2D eigenvalue weighted by Crippen LogP contribution is -2.19. The summed E-state index contributed by atoms with van der Waals surface area (Å²) >= 11 is 1.88. The van der Waals surface area contributed by atoms with Crippen molar-refractivity contribution < 1.29 is 5.11 Å². The van der Waals surface area contributed by atoms with Crippen molar-refractivity contribution >= 4 is 11.3 Å². The highest BCUT2D eigenvalue weighted by molar-refractivity contribution is 7.12. The van der Waals surface area contributed by atoms with Crippen molar-refractivity contribution in [3.63, 3.8) is 0 Å². The second-order valence-corrected chi connectivity index (χ2v) is 6.14. The second-order valence-electron chi connectivity index (χ2n) is 4.68. The maximum Gasteiger partial charge on any atom is 0.0431 e. The summed E-state index contributed by atoms with van der Waals surface area (Å²) in [7, 11) is 0. The smallest absolute Gasteiger partial charge is 0.0431 e. The fourth-order valence-electron chi connectivity index (χ4n) is 2.10. The molecule has 2 nitrogen and oxygen atoms in total. The van der Waals surface area contributed by atoms with Gasteiger partial charge in [0.05, 0.1) is 0 Å². The predicted octanol–water partition coefficient (Wildman–Crippen LogP) is 3.57. The number of hydrogen-bond donors (Lipinski definition) is 2. The van der Waals surface area contributed by atoms with E-state index >= 15 is 0 Å². The minimum absolute atomic E-state index is 0.331. The first-order valence-corrected chi connectivity index (χ1v) is 7.38. The molecule has 0 saturated carbocycles. The fourth-order valence-corrected chi connectivity index (χ4v) is 3.12. The fraction of sp³-hybridized carbons (Fsp3) is 0.714. The third-order valence-corrected chi connectivity index (χ3v) is 4.06. The highest BCUT2D eigenvalue weighted by Crippen LogP contribution is 2.25. The number of aliphatic hydroxyl groups excluding tert-OH is 1. The van der Waals surface area contributed by atoms with E-state index in [1.54, 1.807) is 0 Å². The van der Waals surface area contributed by atoms with Crippen LogP contribution in [0.5, 0.6) is 0 Å². The Morgan fingerprint density at radius 1 is 1.24 bits per heavy atom. The molecule has 0 amide bonds. The average molecular weight is 255 g/mol. The quantitative estimate of drug-likeness (QED) is 0.696. The van der Waals surface area contributed by atoms with Gasteiger partial charge in [-0.2, -0.15) is 0 Å². The topological polar surface area (TPSA) is 32.3 Å². The number of rotatable bonds is 8. The van der Waals surface area contributed by atoms with Crippen LogP contribution >= 0.6 is 11.3 Å². The van der Waals surface area contributed by atoms with Crippen LogP contribution in [0.25, 0.3) is 0 Å². The van der Waals surface area contributed by atoms with E-state index < -0.39 is 0 Å². The number of nitrogens with one attached hydrogen (secondary N) is 1. The van der Waals surface area contributed by atoms with Crippen LogP contribution in [0, 0.1) is 13.8 Å². The molecule has 1 aromatic rings. The van der Waals surface area contributed by atoms with E-state index in [0.29, 0.717) is 12.6 Å². The zero-order valence-electron chi connectivity index (χ0n) is 11.3. The van der Waals surface area contributed by atoms with Crippen molar-refractivity contribution in [3.8, 4) is 0 Å². The Hall–Kier alpha value is -0.380. The molecule has 0 spiro atoms. The van der Waals surface area contributed by atoms with Gasteiger partial charge in [0, 0.05) is 22.4 Å². The summed E-state index contributed by atoms with van der Waals surface area (Å²) in [5, 5.41) is 12.3. The molecule has 0 aromatic carbocycles. The highest BCUT2D eigenvalue weighted by atomic mass is 32.1. The van der Waals surface area contributed by atoms with Crippen LogP contribution < -0.4 is 5.32 Å². The van der Waals surface area contributed by atoms with Gasteiger partial charge in [0.25, 0.3) is 0 Å². The van der Waals surface area contributed by atoms with Crippen LogP contribution in [-0.4, -0.2) is 18.3 Å². The molecule has 0 bridgehead atoms. The van der Waals surface area contributed by atoms with Gasteiger partial charge in [0.2, 0.25) is 0 Å². The Morgan fingerprint density at radius 2 is 1.94 bits per heavy atom. The predicted molar refractivity (Wildman–Crippen MR) is 75.8 cm³/mol. The first-order chi connectivity index (χ1) is 8.15. The molecule has 2 N–H and O–H groups in total. The molecule has 1 heterocycles. The van der Waals surface area contributed by atoms with Gasteiger partial charge in [-0.3, -0.25) is 0 Å². The zero-order valence-corrected chi connectivity index (χ0v) is 12.1. The molecule has 3 heteroatoms. The number of aliphatic hydroxyl groups is 1. The van der Waals surface area contributed by atoms with Crippen molar-refractivity contribution in [2.24, 2.45) is 0 Å². The number of unbranched alkanes of at least 4 members (excludes halogenated alkanes) is 3. The third kappa shape index (κ3) is 5.19. The molecule has 1 aromatic heterocycles. The first kappa shape index (κ1) is 14.7. The molecule has 98 valence electrons. The van der Waals surface area contributed by atoms with Crippen molar-refractivity contribution in [2.45, 2.75) is 52.5 Å². The summed E-state index contributed by atoms with van der Waals surface area (Å²) in [6.07, 6.45) is 4.50. The van der Waals surface area contributed by atoms with Crippen LogP contribution in [0.15, 0.2) is 6.07 Å². The number of hydrogen-bond acceptors (Lipinski definition) is 3. The van der Waals surface area contributed by atoms with Crippen molar-refractivity contribution in [2.75, 3.05) is 13.2 Å². The van der Waals surface area contributed by atoms with Gasteiger partial charge in [0.1, 0.15) is 0 Å². The van der Waals surface area contributed by atoms with Crippen LogP contribution in [0.2, 0.25) is 0 Å². The van der Waals surface area contributed by atoms with E-state index in [4.69, 9.17) is 5.11 Å². The Morgan fingerprint density at radius 3 is 2.53 bits per heavy atom. The van der Waals surface area contributed by atoms with E-state index in [0.717, 1.165) is 19.4 Å². The first-order valence-electron chi connectivity index (χ1n) is 6.56. The standard InChI is InChI=1S/C14H25NOS/c1-11-10-14(13(3)17-11)12(2)15-8-6-4-5-7-9-16/h10,12,15-16H,4-9H2,1-3H3. The lowest BCUT2D eigenvalue weighted by molar-refractivity contribution is 0.282. The van der Waals surface area contributed by atoms with Crippen LogP contribution in [-0.2, 0) is 0 Å². The molecule has 1 rings (SSSR count). The summed E-state index contributed by atoms with van der Waals surface area (Å²) in [4.78, 5) is 2.83. The third-order valence-electron chi connectivity index (χ3n) is 3.08. The zero-order chi connectivity index (χ0) is 12.7. The molecule has 0 saturated heterocycles. The van der Waals surface area contributed by atoms with Gasteiger partial charge >= 0.3 is 0 Å². The molecule has 0 aliphatic rings. The van der Waals surface area contributed by atoms with E-state index in [1.165, 1.54) is 28.2 Å². The van der Waals surface area contributed by atoms with Gasteiger partial charge in [-0.15, -0.1) is 11.3 Å². The van der Waals surface area contributed by atoms with E-state index in [2.05, 4.69) is 32.2 Å². The monoisotopic (exact) mass is 255 g/mol. The largest absolute Gasteiger partial charge is 0.396 e. The van der Waals surface area contributed by atoms with E-state index in [-0.39, 0.29) is 0 Å². The molecule has 1 unspecified atom stereocenters. The van der Waals surface area contributed by atoms with E-state index in [1.807, 2.05) is 11.3 Å². The van der Waals surface area contributed by atoms with Crippen molar-refractivity contribution in [1.82, 2.24) is 5.32 Å². The molecule has 17 heavy (non-hydrogen) atoms. The molecule has 0 fully saturated rings. The Balaban J connectivity index is 2.21. The van der Waals surface area contributed by atoms with Crippen molar-refractivity contribution in [1.29, 1.82) is 0 Å². The van der Waals surface area contributed by atoms with Gasteiger partial charge < -0.3 is 10.4 Å². The molecule has 1 atom stereocenters. The normalized spacial score (nSPS) is 12.9. The van der Waals surface area contributed by atoms with Gasteiger partial charge in [-0.25, -0.2) is 0 Å². The van der Waals surface area contributed by atoms with Gasteiger partial charge in [-0.05, 0) is 51.8 Å². The summed E-state index contributed by atoms with van der Waals surface area (Å²) in [5.74, 6) is 0. The molecule has 0 aliphatic carbocycles. The summed E-state index contributed by atoms with van der Waals surface area (Å²) in [6, 6.07) is 2.75. The lowest BCUT2D eigenvalue weighted by Gasteiger charge is -2.13. The highest BCUT2D eigenvalue weighted by Gasteiger charge is 2.09. The molecule has 0 radical (unpaired) electrons. The minimum atomic E-state index is 0.331. The second kappa shape index (κ2) is 7.85. The van der Waals surface area contributed by atoms with Crippen LogP contribution in [0.3, 0.4) is 0 Å². The van der Waals surface area contributed by atoms with Crippen LogP contribution in [0.4, 0.5) is 0 Å². The van der Waals surface area contributed by atoms with Gasteiger partial charge in [-0.1, -0.05) is 12.8 Å².